The molecule has 8 heteroatoms. The summed E-state index contributed by atoms with van der Waals surface area (Å²) in [5.74, 6) is 0.213. The van der Waals surface area contributed by atoms with Crippen LogP contribution in [0.4, 0.5) is 19.0 Å². The van der Waals surface area contributed by atoms with Crippen molar-refractivity contribution in [1.29, 1.82) is 0 Å². The number of nitrogens with two attached hydrogens (primary N) is 1. The number of hydrogen-bond donors (Lipinski definition) is 1. The van der Waals surface area contributed by atoms with Gasteiger partial charge in [0.2, 0.25) is 0 Å². The summed E-state index contributed by atoms with van der Waals surface area (Å²) in [5, 5.41) is 2.86. The molecule has 0 aliphatic heterocycles. The Labute approximate surface area is 103 Å². The van der Waals surface area contributed by atoms with Crippen molar-refractivity contribution in [2.75, 3.05) is 11.5 Å². The second-order valence-corrected chi connectivity index (χ2v) is 5.20. The normalized spacial score (nSPS) is 12.2. The van der Waals surface area contributed by atoms with Gasteiger partial charge in [0.25, 0.3) is 0 Å². The van der Waals surface area contributed by atoms with E-state index in [1.165, 1.54) is 11.3 Å². The van der Waals surface area contributed by atoms with E-state index in [4.69, 9.17) is 5.73 Å². The molecule has 2 rings (SSSR count). The lowest BCUT2D eigenvalue weighted by Gasteiger charge is -2.05. The van der Waals surface area contributed by atoms with Crippen LogP contribution >= 0.6 is 23.1 Å². The van der Waals surface area contributed by atoms with Crippen LogP contribution in [0.1, 0.15) is 6.42 Å². The fourth-order valence-electron chi connectivity index (χ4n) is 1.18. The van der Waals surface area contributed by atoms with Gasteiger partial charge >= 0.3 is 6.18 Å². The quantitative estimate of drug-likeness (QED) is 0.691. The molecule has 0 bridgehead atoms. The van der Waals surface area contributed by atoms with Crippen LogP contribution in [-0.2, 0) is 0 Å². The van der Waals surface area contributed by atoms with Crippen LogP contribution < -0.4 is 5.73 Å². The van der Waals surface area contributed by atoms with E-state index in [1.807, 2.05) is 5.38 Å². The molecule has 0 aliphatic rings. The smallest absolute Gasteiger partial charge is 0.383 e. The van der Waals surface area contributed by atoms with Crippen LogP contribution in [0.5, 0.6) is 0 Å². The molecule has 3 nitrogen and oxygen atoms in total. The van der Waals surface area contributed by atoms with Crippen molar-refractivity contribution in [2.24, 2.45) is 0 Å². The lowest BCUT2D eigenvalue weighted by molar-refractivity contribution is -0.129. The predicted octanol–water partition coefficient (Wildman–Crippen LogP) is 3.32. The van der Waals surface area contributed by atoms with Gasteiger partial charge in [0.1, 0.15) is 10.6 Å². The van der Waals surface area contributed by atoms with Crippen LogP contribution in [0.25, 0.3) is 10.2 Å². The summed E-state index contributed by atoms with van der Waals surface area (Å²) in [7, 11) is 0. The molecule has 0 saturated carbocycles. The lowest BCUT2D eigenvalue weighted by atomic mass is 10.4. The SMILES string of the molecule is Nc1nc(SCCC(F)(F)F)nc2sccc12. The van der Waals surface area contributed by atoms with E-state index in [1.54, 1.807) is 6.07 Å². The number of halogens is 3. The summed E-state index contributed by atoms with van der Waals surface area (Å²) in [6.45, 7) is 0. The fourth-order valence-corrected chi connectivity index (χ4v) is 2.84. The first-order valence-electron chi connectivity index (χ1n) is 4.66. The molecule has 0 aliphatic carbocycles. The van der Waals surface area contributed by atoms with Gasteiger partial charge in [0.05, 0.1) is 11.8 Å². The standard InChI is InChI=1S/C9H8F3N3S2/c10-9(11,12)2-4-17-8-14-6(13)5-1-3-16-7(5)15-8/h1,3H,2,4H2,(H2,13,14,15). The third-order valence-corrected chi connectivity index (χ3v) is 3.61. The van der Waals surface area contributed by atoms with Gasteiger partial charge in [-0.2, -0.15) is 13.2 Å². The molecule has 2 N–H and O–H groups in total. The molecular formula is C9H8F3N3S2. The van der Waals surface area contributed by atoms with Crippen molar-refractivity contribution in [3.63, 3.8) is 0 Å². The van der Waals surface area contributed by atoms with Crippen LogP contribution in [-0.4, -0.2) is 21.9 Å². The summed E-state index contributed by atoms with van der Waals surface area (Å²) in [6, 6.07) is 1.79. The highest BCUT2D eigenvalue weighted by molar-refractivity contribution is 7.99. The topological polar surface area (TPSA) is 51.8 Å². The Morgan fingerprint density at radius 2 is 2.12 bits per heavy atom. The van der Waals surface area contributed by atoms with Gasteiger partial charge in [-0.25, -0.2) is 9.97 Å². The van der Waals surface area contributed by atoms with Crippen LogP contribution in [0.15, 0.2) is 16.6 Å². The van der Waals surface area contributed by atoms with Gasteiger partial charge in [-0.3, -0.25) is 0 Å². The van der Waals surface area contributed by atoms with E-state index >= 15 is 0 Å². The van der Waals surface area contributed by atoms with Crippen LogP contribution in [0, 0.1) is 0 Å². The Balaban J connectivity index is 2.09. The van der Waals surface area contributed by atoms with Crippen molar-refractivity contribution in [1.82, 2.24) is 9.97 Å². The first-order chi connectivity index (χ1) is 7.96. The average Bonchev–Trinajstić information content (AvgIpc) is 2.64. The van der Waals surface area contributed by atoms with E-state index < -0.39 is 12.6 Å². The summed E-state index contributed by atoms with van der Waals surface area (Å²) < 4.78 is 35.9. The Morgan fingerprint density at radius 1 is 1.35 bits per heavy atom. The van der Waals surface area contributed by atoms with E-state index in [0.29, 0.717) is 15.8 Å². The molecule has 0 amide bonds. The van der Waals surface area contributed by atoms with Gasteiger partial charge in [0.15, 0.2) is 5.16 Å². The maximum Gasteiger partial charge on any atom is 0.389 e. The minimum Gasteiger partial charge on any atom is -0.383 e. The maximum absolute atomic E-state index is 12.0. The van der Waals surface area contributed by atoms with Gasteiger partial charge in [-0.15, -0.1) is 11.3 Å². The second-order valence-electron chi connectivity index (χ2n) is 3.24. The highest BCUT2D eigenvalue weighted by atomic mass is 32.2. The molecule has 2 heterocycles. The van der Waals surface area contributed by atoms with Gasteiger partial charge in [0, 0.05) is 5.75 Å². The van der Waals surface area contributed by atoms with Crippen molar-refractivity contribution in [2.45, 2.75) is 17.8 Å². The van der Waals surface area contributed by atoms with Crippen molar-refractivity contribution >= 4 is 39.1 Å². The number of thiophene rings is 1. The summed E-state index contributed by atoms with van der Waals surface area (Å²) in [4.78, 5) is 8.80. The molecular weight excluding hydrogens is 271 g/mol. The molecule has 92 valence electrons. The molecule has 0 spiro atoms. The summed E-state index contributed by atoms with van der Waals surface area (Å²) >= 11 is 2.35. The zero-order valence-corrected chi connectivity index (χ0v) is 10.1. The summed E-state index contributed by atoms with van der Waals surface area (Å²) in [6.07, 6.45) is -5.00. The number of thioether (sulfide) groups is 1. The lowest BCUT2D eigenvalue weighted by Crippen LogP contribution is -2.08. The largest absolute Gasteiger partial charge is 0.389 e. The van der Waals surface area contributed by atoms with Crippen LogP contribution in [0.2, 0.25) is 0 Å². The minimum absolute atomic E-state index is 0.0974. The number of aromatic nitrogens is 2. The molecule has 0 saturated heterocycles. The van der Waals surface area contributed by atoms with Crippen LogP contribution in [0.3, 0.4) is 0 Å². The van der Waals surface area contributed by atoms with Gasteiger partial charge in [-0.05, 0) is 11.4 Å². The predicted molar refractivity (Wildman–Crippen MR) is 63.2 cm³/mol. The third kappa shape index (κ3) is 3.22. The maximum atomic E-state index is 12.0. The number of fused-ring (bicyclic) bond motifs is 1. The molecule has 0 fully saturated rings. The van der Waals surface area contributed by atoms with Crippen molar-refractivity contribution < 1.29 is 13.2 Å². The first kappa shape index (κ1) is 12.4. The monoisotopic (exact) mass is 279 g/mol. The molecule has 2 aromatic heterocycles. The minimum atomic E-state index is -4.15. The third-order valence-electron chi connectivity index (χ3n) is 1.95. The average molecular weight is 279 g/mol. The van der Waals surface area contributed by atoms with E-state index in [0.717, 1.165) is 17.1 Å². The number of nitrogens with zero attached hydrogens (tertiary/aromatic N) is 2. The van der Waals surface area contributed by atoms with Crippen molar-refractivity contribution in [3.8, 4) is 0 Å². The van der Waals surface area contributed by atoms with E-state index in [2.05, 4.69) is 9.97 Å². The zero-order chi connectivity index (χ0) is 12.5. The first-order valence-corrected chi connectivity index (χ1v) is 6.52. The number of hydrogen-bond acceptors (Lipinski definition) is 5. The summed E-state index contributed by atoms with van der Waals surface area (Å²) in [5.41, 5.74) is 5.68. The zero-order valence-electron chi connectivity index (χ0n) is 8.49. The molecule has 0 radical (unpaired) electrons. The van der Waals surface area contributed by atoms with Gasteiger partial charge < -0.3 is 5.73 Å². The highest BCUT2D eigenvalue weighted by Gasteiger charge is 2.26. The molecule has 2 aromatic rings. The van der Waals surface area contributed by atoms with Gasteiger partial charge in [-0.1, -0.05) is 11.8 Å². The highest BCUT2D eigenvalue weighted by Crippen LogP contribution is 2.28. The number of rotatable bonds is 3. The van der Waals surface area contributed by atoms with E-state index in [9.17, 15) is 13.2 Å². The Hall–Kier alpha value is -1.02. The molecule has 0 unspecified atom stereocenters. The number of nitrogen functional groups attached to an aromatic ring is 1. The molecule has 17 heavy (non-hydrogen) atoms. The molecule has 0 atom stereocenters. The number of anilines is 1. The molecule has 0 aromatic carbocycles. The van der Waals surface area contributed by atoms with E-state index in [-0.39, 0.29) is 5.75 Å². The number of alkyl halides is 3. The Morgan fingerprint density at radius 3 is 2.82 bits per heavy atom. The van der Waals surface area contributed by atoms with Crippen molar-refractivity contribution in [3.05, 3.63) is 11.4 Å². The second kappa shape index (κ2) is 4.69. The Kier molecular flexibility index (Phi) is 3.43. The fraction of sp³-hybridized carbons (Fsp3) is 0.333. The Bertz CT molecular complexity index is 524.